The summed E-state index contributed by atoms with van der Waals surface area (Å²) in [6.07, 6.45) is 1.09. The second-order valence-corrected chi connectivity index (χ2v) is 6.79. The molecule has 6 heteroatoms. The maximum Gasteiger partial charge on any atom is 0.320 e. The van der Waals surface area contributed by atoms with E-state index < -0.39 is 5.97 Å². The first-order valence-electron chi connectivity index (χ1n) is 6.85. The summed E-state index contributed by atoms with van der Waals surface area (Å²) in [7, 11) is 0. The largest absolute Gasteiger partial charge is 0.481 e. The molecule has 0 aromatic heterocycles. The number of hydrogen-bond acceptors (Lipinski definition) is 3. The molecule has 1 N–H and O–H groups in total. The smallest absolute Gasteiger partial charge is 0.320 e. The number of carboxylic acids is 1. The van der Waals surface area contributed by atoms with Crippen LogP contribution in [-0.2, 0) is 4.79 Å². The molecule has 2 heterocycles. The van der Waals surface area contributed by atoms with Gasteiger partial charge in [0.25, 0.3) is 0 Å². The van der Waals surface area contributed by atoms with Gasteiger partial charge in [-0.3, -0.25) is 4.79 Å². The highest BCUT2D eigenvalue weighted by Crippen LogP contribution is 2.27. The van der Waals surface area contributed by atoms with E-state index in [9.17, 15) is 9.59 Å². The van der Waals surface area contributed by atoms with E-state index in [2.05, 4.69) is 13.8 Å². The number of thioether (sulfide) groups is 1. The quantitative estimate of drug-likeness (QED) is 0.840. The van der Waals surface area contributed by atoms with Gasteiger partial charge < -0.3 is 14.9 Å². The molecule has 19 heavy (non-hydrogen) atoms. The average molecular weight is 286 g/mol. The monoisotopic (exact) mass is 286 g/mol. The normalized spacial score (nSPS) is 31.6. The van der Waals surface area contributed by atoms with Gasteiger partial charge >= 0.3 is 12.0 Å². The first-order valence-corrected chi connectivity index (χ1v) is 8.01. The third-order valence-electron chi connectivity index (χ3n) is 3.91. The number of carbonyl (C=O) groups excluding carboxylic acids is 1. The van der Waals surface area contributed by atoms with Crippen molar-refractivity contribution in [1.29, 1.82) is 0 Å². The molecule has 0 aromatic rings. The predicted molar refractivity (Wildman–Crippen MR) is 75.4 cm³/mol. The fourth-order valence-corrected chi connectivity index (χ4v) is 4.07. The van der Waals surface area contributed by atoms with Crippen LogP contribution >= 0.6 is 11.8 Å². The number of likely N-dealkylation sites (tertiary alicyclic amines) is 1. The van der Waals surface area contributed by atoms with Crippen LogP contribution in [0.2, 0.25) is 0 Å². The Bertz CT molecular complexity index is 364. The minimum atomic E-state index is -0.826. The zero-order valence-electron chi connectivity index (χ0n) is 11.5. The summed E-state index contributed by atoms with van der Waals surface area (Å²) in [6.45, 7) is 5.69. The van der Waals surface area contributed by atoms with Crippen LogP contribution in [0.3, 0.4) is 0 Å². The molecular weight excluding hydrogens is 264 g/mol. The first-order chi connectivity index (χ1) is 8.99. The van der Waals surface area contributed by atoms with Crippen LogP contribution in [0.15, 0.2) is 0 Å². The summed E-state index contributed by atoms with van der Waals surface area (Å²) in [5.41, 5.74) is 0. The number of urea groups is 1. The Balaban J connectivity index is 2.04. The number of rotatable bonds is 2. The Morgan fingerprint density at radius 2 is 2.05 bits per heavy atom. The van der Waals surface area contributed by atoms with Crippen LogP contribution in [0.4, 0.5) is 4.79 Å². The lowest BCUT2D eigenvalue weighted by Gasteiger charge is -2.38. The molecule has 0 spiro atoms. The molecule has 2 fully saturated rings. The molecule has 2 saturated heterocycles. The Labute approximate surface area is 118 Å². The third kappa shape index (κ3) is 3.35. The topological polar surface area (TPSA) is 60.9 Å². The maximum absolute atomic E-state index is 12.6. The van der Waals surface area contributed by atoms with Gasteiger partial charge in [0.1, 0.15) is 0 Å². The summed E-state index contributed by atoms with van der Waals surface area (Å²) in [5.74, 6) is 1.35. The Kier molecular flexibility index (Phi) is 4.60. The van der Waals surface area contributed by atoms with Gasteiger partial charge in [0.15, 0.2) is 0 Å². The number of carbonyl (C=O) groups is 2. The SMILES string of the molecule is CC1CC(C)N(C(=O)N2CCSCC2CC(=O)O)C1. The van der Waals surface area contributed by atoms with Crippen molar-refractivity contribution in [2.24, 2.45) is 5.92 Å². The van der Waals surface area contributed by atoms with Crippen LogP contribution in [0.5, 0.6) is 0 Å². The molecule has 2 rings (SSSR count). The van der Waals surface area contributed by atoms with Crippen molar-refractivity contribution >= 4 is 23.8 Å². The number of amides is 2. The number of hydrogen-bond donors (Lipinski definition) is 1. The highest BCUT2D eigenvalue weighted by molar-refractivity contribution is 7.99. The van der Waals surface area contributed by atoms with Gasteiger partial charge in [-0.1, -0.05) is 6.92 Å². The number of carboxylic acid groups (broad SMARTS) is 1. The summed E-state index contributed by atoms with van der Waals surface area (Å²) >= 11 is 1.73. The molecule has 2 aliphatic heterocycles. The molecule has 2 aliphatic rings. The van der Waals surface area contributed by atoms with Crippen molar-refractivity contribution in [3.05, 3.63) is 0 Å². The molecule has 2 amide bonds. The van der Waals surface area contributed by atoms with E-state index >= 15 is 0 Å². The van der Waals surface area contributed by atoms with Gasteiger partial charge in [0.2, 0.25) is 0 Å². The van der Waals surface area contributed by atoms with Crippen molar-refractivity contribution in [3.63, 3.8) is 0 Å². The summed E-state index contributed by atoms with van der Waals surface area (Å²) in [4.78, 5) is 27.2. The molecule has 3 unspecified atom stereocenters. The van der Waals surface area contributed by atoms with E-state index in [1.54, 1.807) is 16.7 Å². The zero-order valence-corrected chi connectivity index (χ0v) is 12.4. The van der Waals surface area contributed by atoms with Gasteiger partial charge in [-0.05, 0) is 19.3 Å². The highest BCUT2D eigenvalue weighted by atomic mass is 32.2. The van der Waals surface area contributed by atoms with Gasteiger partial charge in [0.05, 0.1) is 12.5 Å². The standard InChI is InChI=1S/C13H22N2O3S/c1-9-5-10(2)15(7-9)13(18)14-3-4-19-8-11(14)6-12(16)17/h9-11H,3-8H2,1-2H3,(H,16,17). The average Bonchev–Trinajstić information content (AvgIpc) is 2.67. The zero-order chi connectivity index (χ0) is 14.0. The van der Waals surface area contributed by atoms with E-state index in [0.29, 0.717) is 12.5 Å². The van der Waals surface area contributed by atoms with Crippen molar-refractivity contribution in [1.82, 2.24) is 9.80 Å². The highest BCUT2D eigenvalue weighted by Gasteiger charge is 2.36. The van der Waals surface area contributed by atoms with Gasteiger partial charge in [-0.25, -0.2) is 4.79 Å². The fourth-order valence-electron chi connectivity index (χ4n) is 3.01. The molecule has 0 bridgehead atoms. The lowest BCUT2D eigenvalue weighted by Crippen LogP contribution is -2.53. The second kappa shape index (κ2) is 6.03. The molecule has 108 valence electrons. The minimum Gasteiger partial charge on any atom is -0.481 e. The Hall–Kier alpha value is -0.910. The van der Waals surface area contributed by atoms with Crippen molar-refractivity contribution in [2.45, 2.75) is 38.8 Å². The molecule has 5 nitrogen and oxygen atoms in total. The van der Waals surface area contributed by atoms with Crippen LogP contribution in [0, 0.1) is 5.92 Å². The molecule has 0 saturated carbocycles. The predicted octanol–water partition coefficient (Wildman–Crippen LogP) is 1.73. The second-order valence-electron chi connectivity index (χ2n) is 5.64. The van der Waals surface area contributed by atoms with Crippen molar-refractivity contribution in [2.75, 3.05) is 24.6 Å². The van der Waals surface area contributed by atoms with E-state index in [0.717, 1.165) is 24.5 Å². The summed E-state index contributed by atoms with van der Waals surface area (Å²) < 4.78 is 0. The summed E-state index contributed by atoms with van der Waals surface area (Å²) in [6, 6.07) is 0.137. The van der Waals surface area contributed by atoms with Crippen molar-refractivity contribution < 1.29 is 14.7 Å². The van der Waals surface area contributed by atoms with Crippen LogP contribution in [0.1, 0.15) is 26.7 Å². The van der Waals surface area contributed by atoms with Crippen molar-refractivity contribution in [3.8, 4) is 0 Å². The molecule has 0 aliphatic carbocycles. The lowest BCUT2D eigenvalue weighted by molar-refractivity contribution is -0.138. The molecule has 0 aromatic carbocycles. The Morgan fingerprint density at radius 1 is 1.32 bits per heavy atom. The fraction of sp³-hybridized carbons (Fsp3) is 0.846. The van der Waals surface area contributed by atoms with E-state index in [1.165, 1.54) is 0 Å². The van der Waals surface area contributed by atoms with Crippen LogP contribution in [-0.4, -0.2) is 63.6 Å². The van der Waals surface area contributed by atoms with Crippen LogP contribution in [0.25, 0.3) is 0 Å². The number of aliphatic carboxylic acids is 1. The third-order valence-corrected chi connectivity index (χ3v) is 5.00. The molecule has 0 radical (unpaired) electrons. The van der Waals surface area contributed by atoms with E-state index in [4.69, 9.17) is 5.11 Å². The maximum atomic E-state index is 12.6. The Morgan fingerprint density at radius 3 is 2.63 bits per heavy atom. The minimum absolute atomic E-state index is 0.0309. The van der Waals surface area contributed by atoms with E-state index in [-0.39, 0.29) is 24.5 Å². The van der Waals surface area contributed by atoms with Gasteiger partial charge in [-0.2, -0.15) is 11.8 Å². The first kappa shape index (κ1) is 14.5. The molecular formula is C13H22N2O3S. The number of nitrogens with zero attached hydrogens (tertiary/aromatic N) is 2. The van der Waals surface area contributed by atoms with Gasteiger partial charge in [-0.15, -0.1) is 0 Å². The molecule has 3 atom stereocenters. The lowest BCUT2D eigenvalue weighted by atomic mass is 10.1. The van der Waals surface area contributed by atoms with Crippen LogP contribution < -0.4 is 0 Å². The van der Waals surface area contributed by atoms with Gasteiger partial charge in [0, 0.05) is 30.6 Å². The summed E-state index contributed by atoms with van der Waals surface area (Å²) in [5, 5.41) is 8.96. The van der Waals surface area contributed by atoms with E-state index in [1.807, 2.05) is 4.90 Å².